The fourth-order valence-electron chi connectivity index (χ4n) is 2.66. The molecule has 0 radical (unpaired) electrons. The van der Waals surface area contributed by atoms with Crippen LogP contribution >= 0.6 is 23.2 Å². The van der Waals surface area contributed by atoms with Gasteiger partial charge in [0.1, 0.15) is 6.61 Å². The molecular formula is C22H19Cl2NO3. The minimum Gasteiger partial charge on any atom is -0.491 e. The molecule has 0 aromatic heterocycles. The van der Waals surface area contributed by atoms with Crippen molar-refractivity contribution in [1.82, 2.24) is 0 Å². The third-order valence-corrected chi connectivity index (χ3v) is 4.68. The van der Waals surface area contributed by atoms with Gasteiger partial charge in [-0.3, -0.25) is 4.79 Å². The molecule has 1 amide bonds. The molecule has 0 bridgehead atoms. The maximum atomic E-state index is 12.7. The van der Waals surface area contributed by atoms with Gasteiger partial charge in [-0.25, -0.2) is 0 Å². The fraction of sp³-hybridized carbons (Fsp3) is 0.136. The quantitative estimate of drug-likeness (QED) is 0.525. The highest BCUT2D eigenvalue weighted by Gasteiger charge is 2.17. The molecule has 144 valence electrons. The second-order valence-electron chi connectivity index (χ2n) is 6.18. The van der Waals surface area contributed by atoms with Gasteiger partial charge in [0, 0.05) is 16.3 Å². The third-order valence-electron chi connectivity index (χ3n) is 4.16. The van der Waals surface area contributed by atoms with Crippen LogP contribution in [0.3, 0.4) is 0 Å². The minimum absolute atomic E-state index is 0.293. The standard InChI is InChI=1S/C22H19Cl2NO3/c1-14-8-9-17(23)12-19(14)25-22(26)16-10-18(24)21(27-2)20(11-16)28-13-15-6-4-3-5-7-15/h3-12H,13H2,1-2H3,(H,25,26). The normalized spacial score (nSPS) is 10.4. The van der Waals surface area contributed by atoms with Crippen LogP contribution in [0.2, 0.25) is 10.0 Å². The Morgan fingerprint density at radius 2 is 1.79 bits per heavy atom. The molecule has 0 aliphatic rings. The molecule has 0 unspecified atom stereocenters. The van der Waals surface area contributed by atoms with Crippen LogP contribution in [0.25, 0.3) is 0 Å². The second-order valence-corrected chi connectivity index (χ2v) is 7.02. The first kappa shape index (κ1) is 20.1. The molecule has 0 atom stereocenters. The van der Waals surface area contributed by atoms with E-state index in [0.717, 1.165) is 11.1 Å². The molecule has 3 aromatic carbocycles. The Balaban J connectivity index is 1.85. The van der Waals surface area contributed by atoms with E-state index in [1.54, 1.807) is 24.3 Å². The summed E-state index contributed by atoms with van der Waals surface area (Å²) in [6.45, 7) is 2.22. The predicted molar refractivity (Wildman–Crippen MR) is 113 cm³/mol. The fourth-order valence-corrected chi connectivity index (χ4v) is 3.12. The molecule has 1 N–H and O–H groups in total. The number of benzene rings is 3. The smallest absolute Gasteiger partial charge is 0.255 e. The van der Waals surface area contributed by atoms with Crippen LogP contribution in [0.1, 0.15) is 21.5 Å². The number of carbonyl (C=O) groups excluding carboxylic acids is 1. The van der Waals surface area contributed by atoms with Crippen molar-refractivity contribution in [1.29, 1.82) is 0 Å². The number of nitrogens with one attached hydrogen (secondary N) is 1. The lowest BCUT2D eigenvalue weighted by molar-refractivity contribution is 0.102. The van der Waals surface area contributed by atoms with Crippen LogP contribution < -0.4 is 14.8 Å². The summed E-state index contributed by atoms with van der Waals surface area (Å²) in [5.41, 5.74) is 2.88. The maximum absolute atomic E-state index is 12.7. The molecule has 0 heterocycles. The predicted octanol–water partition coefficient (Wildman–Crippen LogP) is 6.14. The summed E-state index contributed by atoms with van der Waals surface area (Å²) in [6.07, 6.45) is 0. The Hall–Kier alpha value is -2.69. The summed E-state index contributed by atoms with van der Waals surface area (Å²) in [5, 5.41) is 3.69. The third kappa shape index (κ3) is 4.77. The van der Waals surface area contributed by atoms with E-state index in [1.807, 2.05) is 43.3 Å². The first-order valence-corrected chi connectivity index (χ1v) is 9.35. The Morgan fingerprint density at radius 1 is 1.04 bits per heavy atom. The summed E-state index contributed by atoms with van der Waals surface area (Å²) in [4.78, 5) is 12.7. The summed E-state index contributed by atoms with van der Waals surface area (Å²) in [6, 6.07) is 18.2. The maximum Gasteiger partial charge on any atom is 0.255 e. The highest BCUT2D eigenvalue weighted by molar-refractivity contribution is 6.33. The number of ether oxygens (including phenoxy) is 2. The number of rotatable bonds is 6. The Kier molecular flexibility index (Phi) is 6.45. The zero-order chi connectivity index (χ0) is 20.1. The van der Waals surface area contributed by atoms with Crippen molar-refractivity contribution < 1.29 is 14.3 Å². The lowest BCUT2D eigenvalue weighted by atomic mass is 10.1. The first-order valence-electron chi connectivity index (χ1n) is 8.59. The second kappa shape index (κ2) is 9.00. The van der Waals surface area contributed by atoms with Gasteiger partial charge < -0.3 is 14.8 Å². The average Bonchev–Trinajstić information content (AvgIpc) is 2.69. The number of methoxy groups -OCH3 is 1. The average molecular weight is 416 g/mol. The molecule has 0 saturated carbocycles. The van der Waals surface area contributed by atoms with Crippen molar-refractivity contribution in [3.8, 4) is 11.5 Å². The zero-order valence-electron chi connectivity index (χ0n) is 15.5. The van der Waals surface area contributed by atoms with Crippen molar-refractivity contribution in [2.24, 2.45) is 0 Å². The van der Waals surface area contributed by atoms with Crippen molar-refractivity contribution >= 4 is 34.8 Å². The van der Waals surface area contributed by atoms with Gasteiger partial charge in [0.2, 0.25) is 0 Å². The van der Waals surface area contributed by atoms with Gasteiger partial charge in [0.15, 0.2) is 11.5 Å². The molecule has 6 heteroatoms. The number of anilines is 1. The summed E-state index contributed by atoms with van der Waals surface area (Å²) in [7, 11) is 1.51. The lowest BCUT2D eigenvalue weighted by Crippen LogP contribution is -2.13. The van der Waals surface area contributed by atoms with E-state index in [4.69, 9.17) is 32.7 Å². The van der Waals surface area contributed by atoms with Crippen LogP contribution in [0, 0.1) is 6.92 Å². The zero-order valence-corrected chi connectivity index (χ0v) is 17.0. The monoisotopic (exact) mass is 415 g/mol. The Morgan fingerprint density at radius 3 is 2.50 bits per heavy atom. The van der Waals surface area contributed by atoms with E-state index in [9.17, 15) is 4.79 Å². The van der Waals surface area contributed by atoms with E-state index in [0.29, 0.717) is 39.4 Å². The molecule has 3 aromatic rings. The number of hydrogen-bond acceptors (Lipinski definition) is 3. The van der Waals surface area contributed by atoms with Crippen molar-refractivity contribution in [3.05, 3.63) is 87.4 Å². The molecule has 3 rings (SSSR count). The van der Waals surface area contributed by atoms with Crippen LogP contribution in [0.4, 0.5) is 5.69 Å². The number of aryl methyl sites for hydroxylation is 1. The first-order chi connectivity index (χ1) is 13.5. The number of amides is 1. The van der Waals surface area contributed by atoms with E-state index in [2.05, 4.69) is 5.32 Å². The number of halogens is 2. The van der Waals surface area contributed by atoms with Gasteiger partial charge in [-0.05, 0) is 42.3 Å². The van der Waals surface area contributed by atoms with Gasteiger partial charge in [0.05, 0.1) is 12.1 Å². The van der Waals surface area contributed by atoms with Crippen molar-refractivity contribution in [2.45, 2.75) is 13.5 Å². The molecule has 0 aliphatic carbocycles. The van der Waals surface area contributed by atoms with E-state index in [-0.39, 0.29) is 5.91 Å². The van der Waals surface area contributed by atoms with Gasteiger partial charge in [-0.1, -0.05) is 59.6 Å². The lowest BCUT2D eigenvalue weighted by Gasteiger charge is -2.15. The largest absolute Gasteiger partial charge is 0.491 e. The summed E-state index contributed by atoms with van der Waals surface area (Å²) < 4.78 is 11.2. The number of carbonyl (C=O) groups is 1. The molecular weight excluding hydrogens is 397 g/mol. The van der Waals surface area contributed by atoms with Crippen molar-refractivity contribution in [3.63, 3.8) is 0 Å². The molecule has 0 saturated heterocycles. The van der Waals surface area contributed by atoms with Crippen molar-refractivity contribution in [2.75, 3.05) is 12.4 Å². The highest BCUT2D eigenvalue weighted by Crippen LogP contribution is 2.37. The minimum atomic E-state index is -0.320. The Labute approximate surface area is 174 Å². The molecule has 28 heavy (non-hydrogen) atoms. The molecule has 4 nitrogen and oxygen atoms in total. The van der Waals surface area contributed by atoms with Gasteiger partial charge in [-0.15, -0.1) is 0 Å². The van der Waals surface area contributed by atoms with Gasteiger partial charge >= 0.3 is 0 Å². The molecule has 0 aliphatic heterocycles. The SMILES string of the molecule is COc1c(Cl)cc(C(=O)Nc2cc(Cl)ccc2C)cc1OCc1ccccc1. The summed E-state index contributed by atoms with van der Waals surface area (Å²) in [5.74, 6) is 0.458. The van der Waals surface area contributed by atoms with Crippen LogP contribution in [0.5, 0.6) is 11.5 Å². The number of hydrogen-bond donors (Lipinski definition) is 1. The summed E-state index contributed by atoms with van der Waals surface area (Å²) >= 11 is 12.3. The topological polar surface area (TPSA) is 47.6 Å². The van der Waals surface area contributed by atoms with E-state index >= 15 is 0 Å². The van der Waals surface area contributed by atoms with Crippen LogP contribution in [0.15, 0.2) is 60.7 Å². The van der Waals surface area contributed by atoms with E-state index in [1.165, 1.54) is 7.11 Å². The molecule has 0 spiro atoms. The van der Waals surface area contributed by atoms with Crippen LogP contribution in [-0.4, -0.2) is 13.0 Å². The Bertz CT molecular complexity index is 991. The van der Waals surface area contributed by atoms with E-state index < -0.39 is 0 Å². The van der Waals surface area contributed by atoms with Crippen LogP contribution in [-0.2, 0) is 6.61 Å². The van der Waals surface area contributed by atoms with Gasteiger partial charge in [0.25, 0.3) is 5.91 Å². The molecule has 0 fully saturated rings. The van der Waals surface area contributed by atoms with Gasteiger partial charge in [-0.2, -0.15) is 0 Å². The highest BCUT2D eigenvalue weighted by atomic mass is 35.5.